The zero-order valence-corrected chi connectivity index (χ0v) is 14.4. The van der Waals surface area contributed by atoms with Gasteiger partial charge >= 0.3 is 0 Å². The van der Waals surface area contributed by atoms with Crippen molar-refractivity contribution in [1.29, 1.82) is 0 Å². The Hall–Kier alpha value is 0.0100. The van der Waals surface area contributed by atoms with Crippen LogP contribution in [-0.2, 0) is 0 Å². The highest BCUT2D eigenvalue weighted by Crippen LogP contribution is 2.43. The lowest BCUT2D eigenvalue weighted by Gasteiger charge is -2.30. The van der Waals surface area contributed by atoms with Crippen molar-refractivity contribution < 1.29 is 0 Å². The molecule has 1 aliphatic heterocycles. The zero-order valence-electron chi connectivity index (χ0n) is 12.7. The molecular formula is C17H27NS2. The first-order valence-electron chi connectivity index (χ1n) is 8.20. The maximum absolute atomic E-state index is 3.85. The Kier molecular flexibility index (Phi) is 5.11. The van der Waals surface area contributed by atoms with Crippen LogP contribution in [0.1, 0.15) is 64.0 Å². The van der Waals surface area contributed by atoms with Crippen molar-refractivity contribution in [1.82, 2.24) is 5.32 Å². The molecule has 0 bridgehead atoms. The van der Waals surface area contributed by atoms with E-state index in [1.807, 2.05) is 11.3 Å². The fourth-order valence-electron chi connectivity index (χ4n) is 3.83. The van der Waals surface area contributed by atoms with Gasteiger partial charge in [0.05, 0.1) is 4.21 Å². The fraction of sp³-hybridized carbons (Fsp3) is 0.765. The van der Waals surface area contributed by atoms with Gasteiger partial charge in [0.15, 0.2) is 0 Å². The van der Waals surface area contributed by atoms with E-state index in [0.717, 1.165) is 17.1 Å². The van der Waals surface area contributed by atoms with Crippen LogP contribution >= 0.6 is 23.1 Å². The van der Waals surface area contributed by atoms with E-state index in [-0.39, 0.29) is 0 Å². The number of hydrogen-bond acceptors (Lipinski definition) is 3. The molecule has 0 radical (unpaired) electrons. The van der Waals surface area contributed by atoms with Gasteiger partial charge in [0.25, 0.3) is 0 Å². The quantitative estimate of drug-likeness (QED) is 0.790. The minimum atomic E-state index is 0.605. The molecule has 1 aromatic heterocycles. The molecule has 1 nitrogen and oxygen atoms in total. The highest BCUT2D eigenvalue weighted by Gasteiger charge is 2.26. The largest absolute Gasteiger partial charge is 0.310 e. The Morgan fingerprint density at radius 3 is 3.00 bits per heavy atom. The Bertz CT molecular complexity index is 428. The molecule has 3 unspecified atom stereocenters. The van der Waals surface area contributed by atoms with Crippen molar-refractivity contribution in [2.24, 2.45) is 11.8 Å². The van der Waals surface area contributed by atoms with Crippen molar-refractivity contribution in [3.63, 3.8) is 0 Å². The van der Waals surface area contributed by atoms with Crippen molar-refractivity contribution in [3.8, 4) is 0 Å². The third-order valence-corrected chi connectivity index (χ3v) is 7.24. The topological polar surface area (TPSA) is 12.0 Å². The summed E-state index contributed by atoms with van der Waals surface area (Å²) in [6.45, 7) is 6.00. The van der Waals surface area contributed by atoms with Crippen molar-refractivity contribution in [3.05, 3.63) is 17.0 Å². The van der Waals surface area contributed by atoms with Gasteiger partial charge < -0.3 is 5.32 Å². The molecule has 0 amide bonds. The predicted molar refractivity (Wildman–Crippen MR) is 90.7 cm³/mol. The van der Waals surface area contributed by atoms with Gasteiger partial charge in [-0.1, -0.05) is 33.1 Å². The van der Waals surface area contributed by atoms with Crippen molar-refractivity contribution in [2.45, 2.75) is 67.9 Å². The van der Waals surface area contributed by atoms with E-state index >= 15 is 0 Å². The monoisotopic (exact) mass is 309 g/mol. The summed E-state index contributed by atoms with van der Waals surface area (Å²) in [7, 11) is 0. The molecule has 0 spiro atoms. The molecule has 2 heterocycles. The summed E-state index contributed by atoms with van der Waals surface area (Å²) >= 11 is 3.98. The molecule has 112 valence electrons. The molecule has 3 rings (SSSR count). The SMILES string of the molecule is CC1CCCC(CCNC2C[C@H](C)Sc3sccc32)C1. The first-order chi connectivity index (χ1) is 9.72. The second-order valence-electron chi connectivity index (χ2n) is 6.76. The number of hydrogen-bond donors (Lipinski definition) is 1. The lowest BCUT2D eigenvalue weighted by Crippen LogP contribution is -2.29. The molecule has 1 aliphatic carbocycles. The summed E-state index contributed by atoms with van der Waals surface area (Å²) in [5.41, 5.74) is 1.56. The summed E-state index contributed by atoms with van der Waals surface area (Å²) in [6.07, 6.45) is 8.50. The average Bonchev–Trinajstić information content (AvgIpc) is 2.87. The molecule has 1 fully saturated rings. The molecule has 1 saturated carbocycles. The molecule has 3 heteroatoms. The van der Waals surface area contributed by atoms with Gasteiger partial charge in [-0.3, -0.25) is 0 Å². The van der Waals surface area contributed by atoms with Crippen LogP contribution in [0.2, 0.25) is 0 Å². The summed E-state index contributed by atoms with van der Waals surface area (Å²) in [5.74, 6) is 1.94. The average molecular weight is 310 g/mol. The molecular weight excluding hydrogens is 282 g/mol. The van der Waals surface area contributed by atoms with E-state index in [0.29, 0.717) is 6.04 Å². The van der Waals surface area contributed by atoms with E-state index < -0.39 is 0 Å². The minimum Gasteiger partial charge on any atom is -0.310 e. The summed E-state index contributed by atoms with van der Waals surface area (Å²) < 4.78 is 1.55. The minimum absolute atomic E-state index is 0.605. The van der Waals surface area contributed by atoms with Gasteiger partial charge in [-0.2, -0.15) is 0 Å². The second-order valence-corrected chi connectivity index (χ2v) is 9.38. The molecule has 1 N–H and O–H groups in total. The van der Waals surface area contributed by atoms with Gasteiger partial charge in [0.1, 0.15) is 0 Å². The molecule has 0 aromatic carbocycles. The molecule has 0 saturated heterocycles. The smallest absolute Gasteiger partial charge is 0.0649 e. The van der Waals surface area contributed by atoms with E-state index in [1.165, 1.54) is 45.1 Å². The van der Waals surface area contributed by atoms with Gasteiger partial charge in [0.2, 0.25) is 0 Å². The first-order valence-corrected chi connectivity index (χ1v) is 9.95. The highest BCUT2D eigenvalue weighted by molar-refractivity contribution is 8.01. The van der Waals surface area contributed by atoms with Crippen LogP contribution in [0.3, 0.4) is 0 Å². The Morgan fingerprint density at radius 1 is 1.25 bits per heavy atom. The maximum Gasteiger partial charge on any atom is 0.0649 e. The summed E-state index contributed by atoms with van der Waals surface area (Å²) in [4.78, 5) is 0. The van der Waals surface area contributed by atoms with Crippen LogP contribution in [0.25, 0.3) is 0 Å². The summed E-state index contributed by atoms with van der Waals surface area (Å²) in [6, 6.07) is 2.94. The van der Waals surface area contributed by atoms with Crippen molar-refractivity contribution in [2.75, 3.05) is 6.54 Å². The maximum atomic E-state index is 3.85. The second kappa shape index (κ2) is 6.85. The number of nitrogens with one attached hydrogen (secondary N) is 1. The number of rotatable bonds is 4. The van der Waals surface area contributed by atoms with Gasteiger partial charge in [-0.15, -0.1) is 23.1 Å². The molecule has 1 aromatic rings. The lowest BCUT2D eigenvalue weighted by molar-refractivity contribution is 0.264. The van der Waals surface area contributed by atoms with E-state index in [2.05, 4.69) is 42.4 Å². The number of thiophene rings is 1. The number of fused-ring (bicyclic) bond motifs is 1. The van der Waals surface area contributed by atoms with Crippen LogP contribution in [0.15, 0.2) is 15.7 Å². The Balaban J connectivity index is 1.49. The Labute approximate surface area is 131 Å². The van der Waals surface area contributed by atoms with Crippen LogP contribution in [0.5, 0.6) is 0 Å². The normalized spacial score (nSPS) is 33.9. The molecule has 20 heavy (non-hydrogen) atoms. The number of thioether (sulfide) groups is 1. The Morgan fingerprint density at radius 2 is 2.15 bits per heavy atom. The van der Waals surface area contributed by atoms with Crippen LogP contribution in [0.4, 0.5) is 0 Å². The van der Waals surface area contributed by atoms with Gasteiger partial charge in [-0.25, -0.2) is 0 Å². The van der Waals surface area contributed by atoms with E-state index in [4.69, 9.17) is 0 Å². The summed E-state index contributed by atoms with van der Waals surface area (Å²) in [5, 5.41) is 6.86. The predicted octanol–water partition coefficient (Wildman–Crippen LogP) is 5.48. The zero-order chi connectivity index (χ0) is 13.9. The fourth-order valence-corrected chi connectivity index (χ4v) is 6.39. The van der Waals surface area contributed by atoms with E-state index in [1.54, 1.807) is 9.77 Å². The van der Waals surface area contributed by atoms with Gasteiger partial charge in [0, 0.05) is 11.3 Å². The van der Waals surface area contributed by atoms with Crippen LogP contribution < -0.4 is 5.32 Å². The standard InChI is InChI=1S/C17H27NS2/c1-12-4-3-5-14(10-12)6-8-18-16-11-13(2)20-17-15(16)7-9-19-17/h7,9,12-14,16,18H,3-6,8,10-11H2,1-2H3/t12?,13-,14?,16?/m0/s1. The van der Waals surface area contributed by atoms with Crippen LogP contribution in [-0.4, -0.2) is 11.8 Å². The third kappa shape index (κ3) is 3.61. The first kappa shape index (κ1) is 14.9. The third-order valence-electron chi connectivity index (χ3n) is 4.90. The lowest BCUT2D eigenvalue weighted by atomic mass is 9.81. The van der Waals surface area contributed by atoms with Gasteiger partial charge in [-0.05, 0) is 54.7 Å². The van der Waals surface area contributed by atoms with E-state index in [9.17, 15) is 0 Å². The van der Waals surface area contributed by atoms with Crippen molar-refractivity contribution >= 4 is 23.1 Å². The molecule has 4 atom stereocenters. The molecule has 2 aliphatic rings. The van der Waals surface area contributed by atoms with Crippen LogP contribution in [0, 0.1) is 11.8 Å². The highest BCUT2D eigenvalue weighted by atomic mass is 32.2.